The second-order valence-electron chi connectivity index (χ2n) is 5.77. The minimum absolute atomic E-state index is 0.118. The summed E-state index contributed by atoms with van der Waals surface area (Å²) in [6.07, 6.45) is 1.40. The Hall–Kier alpha value is -2.48. The van der Waals surface area contributed by atoms with Crippen molar-refractivity contribution in [2.24, 2.45) is 5.92 Å². The first-order valence-corrected chi connectivity index (χ1v) is 7.73. The quantitative estimate of drug-likeness (QED) is 0.460. The number of hydrogen-bond donors (Lipinski definition) is 1. The minimum Gasteiger partial charge on any atom is -0.490 e. The van der Waals surface area contributed by atoms with E-state index in [-0.39, 0.29) is 35.1 Å². The maximum atomic E-state index is 12.3. The largest absolute Gasteiger partial charge is 0.490 e. The Morgan fingerprint density at radius 1 is 1.38 bits per heavy atom. The highest BCUT2D eigenvalue weighted by molar-refractivity contribution is 5.97. The van der Waals surface area contributed by atoms with Gasteiger partial charge in [-0.3, -0.25) is 19.7 Å². The topological polar surface area (TPSA) is 110 Å². The van der Waals surface area contributed by atoms with Gasteiger partial charge in [0.1, 0.15) is 0 Å². The average molecular weight is 336 g/mol. The summed E-state index contributed by atoms with van der Waals surface area (Å²) in [5, 5.41) is 20.0. The van der Waals surface area contributed by atoms with Crippen molar-refractivity contribution in [1.29, 1.82) is 0 Å². The first-order valence-electron chi connectivity index (χ1n) is 7.73. The van der Waals surface area contributed by atoms with Crippen LogP contribution in [0.25, 0.3) is 0 Å². The summed E-state index contributed by atoms with van der Waals surface area (Å²) < 4.78 is 4.92. The number of piperidine rings is 1. The van der Waals surface area contributed by atoms with Gasteiger partial charge in [-0.05, 0) is 38.1 Å². The molecule has 1 aliphatic rings. The van der Waals surface area contributed by atoms with E-state index < -0.39 is 10.9 Å². The molecule has 24 heavy (non-hydrogen) atoms. The van der Waals surface area contributed by atoms with Crippen LogP contribution in [0.5, 0.6) is 5.75 Å². The highest BCUT2D eigenvalue weighted by Crippen LogP contribution is 2.28. The van der Waals surface area contributed by atoms with Gasteiger partial charge in [-0.1, -0.05) is 0 Å². The van der Waals surface area contributed by atoms with Crippen LogP contribution in [0, 0.1) is 16.0 Å². The van der Waals surface area contributed by atoms with E-state index in [1.54, 1.807) is 0 Å². The van der Waals surface area contributed by atoms with E-state index in [4.69, 9.17) is 9.84 Å². The Bertz CT molecular complexity index is 637. The molecule has 0 bridgehead atoms. The van der Waals surface area contributed by atoms with Crippen LogP contribution in [0.2, 0.25) is 0 Å². The number of ether oxygens (including phenoxy) is 1. The summed E-state index contributed by atoms with van der Waals surface area (Å²) in [7, 11) is 1.34. The van der Waals surface area contributed by atoms with Crippen LogP contribution < -0.4 is 4.74 Å². The second-order valence-corrected chi connectivity index (χ2v) is 5.77. The van der Waals surface area contributed by atoms with Crippen LogP contribution in [0.3, 0.4) is 0 Å². The van der Waals surface area contributed by atoms with Gasteiger partial charge in [-0.25, -0.2) is 0 Å². The van der Waals surface area contributed by atoms with Crippen molar-refractivity contribution >= 4 is 17.4 Å². The summed E-state index contributed by atoms with van der Waals surface area (Å²) in [6.45, 7) is 1.81. The number of rotatable bonds is 7. The Morgan fingerprint density at radius 2 is 2.04 bits per heavy atom. The predicted octanol–water partition coefficient (Wildman–Crippen LogP) is 1.97. The fourth-order valence-corrected chi connectivity index (χ4v) is 2.81. The van der Waals surface area contributed by atoms with Crippen molar-refractivity contribution in [1.82, 2.24) is 4.90 Å². The zero-order valence-corrected chi connectivity index (χ0v) is 13.4. The SMILES string of the molecule is COc1ccc(C(=O)CCN2CCC(C(=O)O)CC2)cc1[N+](=O)[O-]. The maximum absolute atomic E-state index is 12.3. The second kappa shape index (κ2) is 7.87. The van der Waals surface area contributed by atoms with Gasteiger partial charge in [0.15, 0.2) is 11.5 Å². The van der Waals surface area contributed by atoms with Crippen molar-refractivity contribution < 1.29 is 24.4 Å². The molecule has 2 rings (SSSR count). The van der Waals surface area contributed by atoms with E-state index in [0.717, 1.165) is 0 Å². The highest BCUT2D eigenvalue weighted by Gasteiger charge is 2.25. The molecule has 1 fully saturated rings. The minimum atomic E-state index is -0.767. The van der Waals surface area contributed by atoms with E-state index in [1.165, 1.54) is 25.3 Å². The molecule has 8 nitrogen and oxygen atoms in total. The van der Waals surface area contributed by atoms with Crippen LogP contribution in [-0.4, -0.2) is 53.4 Å². The number of hydrogen-bond acceptors (Lipinski definition) is 6. The molecule has 1 aliphatic heterocycles. The molecule has 0 spiro atoms. The molecule has 0 radical (unpaired) electrons. The van der Waals surface area contributed by atoms with Gasteiger partial charge in [0.05, 0.1) is 18.0 Å². The Balaban J connectivity index is 1.92. The smallest absolute Gasteiger partial charge is 0.311 e. The number of nitro benzene ring substituents is 1. The van der Waals surface area contributed by atoms with Crippen molar-refractivity contribution in [3.8, 4) is 5.75 Å². The normalized spacial score (nSPS) is 15.9. The van der Waals surface area contributed by atoms with Crippen molar-refractivity contribution in [2.45, 2.75) is 19.3 Å². The first-order chi connectivity index (χ1) is 11.4. The number of carbonyl (C=O) groups excluding carboxylic acids is 1. The number of methoxy groups -OCH3 is 1. The first kappa shape index (κ1) is 17.9. The zero-order chi connectivity index (χ0) is 17.7. The third-order valence-corrected chi connectivity index (χ3v) is 4.29. The molecule has 0 aliphatic carbocycles. The lowest BCUT2D eigenvalue weighted by atomic mass is 9.97. The van der Waals surface area contributed by atoms with E-state index in [0.29, 0.717) is 32.5 Å². The average Bonchev–Trinajstić information content (AvgIpc) is 2.59. The highest BCUT2D eigenvalue weighted by atomic mass is 16.6. The molecule has 0 amide bonds. The molecular weight excluding hydrogens is 316 g/mol. The van der Waals surface area contributed by atoms with E-state index in [2.05, 4.69) is 4.90 Å². The fraction of sp³-hybridized carbons (Fsp3) is 0.500. The molecule has 8 heteroatoms. The number of likely N-dealkylation sites (tertiary alicyclic amines) is 1. The Morgan fingerprint density at radius 3 is 2.58 bits per heavy atom. The Kier molecular flexibility index (Phi) is 5.86. The number of benzene rings is 1. The standard InChI is InChI=1S/C16H20N2O6/c1-24-15-3-2-12(10-13(15)18(22)23)14(19)6-9-17-7-4-11(5-8-17)16(20)21/h2-3,10-11H,4-9H2,1H3,(H,20,21). The number of ketones is 1. The van der Waals surface area contributed by atoms with Crippen molar-refractivity contribution in [3.05, 3.63) is 33.9 Å². The number of aliphatic carboxylic acids is 1. The van der Waals surface area contributed by atoms with Crippen molar-refractivity contribution in [3.63, 3.8) is 0 Å². The van der Waals surface area contributed by atoms with Gasteiger partial charge >= 0.3 is 11.7 Å². The van der Waals surface area contributed by atoms with Gasteiger partial charge in [-0.2, -0.15) is 0 Å². The van der Waals surface area contributed by atoms with Crippen LogP contribution in [0.15, 0.2) is 18.2 Å². The van der Waals surface area contributed by atoms with E-state index in [9.17, 15) is 19.7 Å². The van der Waals surface area contributed by atoms with Gasteiger partial charge in [0.25, 0.3) is 0 Å². The fourth-order valence-electron chi connectivity index (χ4n) is 2.81. The van der Waals surface area contributed by atoms with Gasteiger partial charge in [0, 0.05) is 24.6 Å². The maximum Gasteiger partial charge on any atom is 0.311 e. The summed E-state index contributed by atoms with van der Waals surface area (Å²) in [4.78, 5) is 35.6. The molecule has 0 unspecified atom stereocenters. The van der Waals surface area contributed by atoms with Crippen LogP contribution in [-0.2, 0) is 4.79 Å². The number of nitrogens with zero attached hydrogens (tertiary/aromatic N) is 2. The lowest BCUT2D eigenvalue weighted by molar-refractivity contribution is -0.385. The summed E-state index contributed by atoms with van der Waals surface area (Å²) in [6, 6.07) is 4.17. The summed E-state index contributed by atoms with van der Waals surface area (Å²) in [5.74, 6) is -1.13. The van der Waals surface area contributed by atoms with Crippen LogP contribution in [0.1, 0.15) is 29.6 Å². The third-order valence-electron chi connectivity index (χ3n) is 4.29. The number of nitro groups is 1. The predicted molar refractivity (Wildman–Crippen MR) is 85.4 cm³/mol. The molecule has 1 aromatic carbocycles. The number of carbonyl (C=O) groups is 2. The van der Waals surface area contributed by atoms with Crippen LogP contribution >= 0.6 is 0 Å². The molecule has 0 saturated carbocycles. The monoisotopic (exact) mass is 336 g/mol. The summed E-state index contributed by atoms with van der Waals surface area (Å²) >= 11 is 0. The zero-order valence-electron chi connectivity index (χ0n) is 13.4. The van der Waals surface area contributed by atoms with Crippen molar-refractivity contribution in [2.75, 3.05) is 26.7 Å². The molecule has 0 aromatic heterocycles. The molecule has 1 N–H and O–H groups in total. The molecule has 130 valence electrons. The molecular formula is C16H20N2O6. The van der Waals surface area contributed by atoms with Gasteiger partial charge in [-0.15, -0.1) is 0 Å². The van der Waals surface area contributed by atoms with Crippen LogP contribution in [0.4, 0.5) is 5.69 Å². The van der Waals surface area contributed by atoms with E-state index in [1.807, 2.05) is 0 Å². The molecule has 1 saturated heterocycles. The molecule has 1 aromatic rings. The lowest BCUT2D eigenvalue weighted by Gasteiger charge is -2.29. The van der Waals surface area contributed by atoms with Gasteiger partial charge in [0.2, 0.25) is 0 Å². The van der Waals surface area contributed by atoms with Gasteiger partial charge < -0.3 is 14.7 Å². The van der Waals surface area contributed by atoms with E-state index >= 15 is 0 Å². The number of Topliss-reactive ketones (excluding diaryl/α,β-unsaturated/α-hetero) is 1. The Labute approximate surface area is 139 Å². The molecule has 1 heterocycles. The molecule has 0 atom stereocenters. The lowest BCUT2D eigenvalue weighted by Crippen LogP contribution is -2.37. The number of carboxylic acids is 1. The number of carboxylic acid groups (broad SMARTS) is 1. The summed E-state index contributed by atoms with van der Waals surface area (Å²) in [5.41, 5.74) is 0.0496. The third kappa shape index (κ3) is 4.29.